The van der Waals surface area contributed by atoms with Crippen molar-refractivity contribution in [2.24, 2.45) is 0 Å². The van der Waals surface area contributed by atoms with Gasteiger partial charge in [0.2, 0.25) is 5.91 Å². The van der Waals surface area contributed by atoms with E-state index in [9.17, 15) is 13.6 Å². The lowest BCUT2D eigenvalue weighted by Crippen LogP contribution is -2.10. The van der Waals surface area contributed by atoms with Gasteiger partial charge in [0.25, 0.3) is 0 Å². The molecule has 0 aliphatic rings. The average Bonchev–Trinajstić information content (AvgIpc) is 2.42. The van der Waals surface area contributed by atoms with Gasteiger partial charge in [-0.25, -0.2) is 8.78 Å². The van der Waals surface area contributed by atoms with Crippen molar-refractivity contribution >= 4 is 33.2 Å². The molecule has 2 aromatic carbocycles. The fourth-order valence-electron chi connectivity index (χ4n) is 1.83. The van der Waals surface area contributed by atoms with E-state index in [4.69, 9.17) is 0 Å². The number of rotatable bonds is 4. The zero-order valence-corrected chi connectivity index (χ0v) is 12.8. The second-order valence-electron chi connectivity index (χ2n) is 4.44. The zero-order chi connectivity index (χ0) is 15.4. The summed E-state index contributed by atoms with van der Waals surface area (Å²) >= 11 is 3.01. The molecule has 0 saturated carbocycles. The number of amides is 1. The molecule has 0 aromatic heterocycles. The van der Waals surface area contributed by atoms with E-state index >= 15 is 0 Å². The van der Waals surface area contributed by atoms with Crippen LogP contribution in [0, 0.1) is 11.6 Å². The van der Waals surface area contributed by atoms with Gasteiger partial charge in [-0.1, -0.05) is 18.2 Å². The van der Waals surface area contributed by atoms with Gasteiger partial charge in [-0.15, -0.1) is 0 Å². The van der Waals surface area contributed by atoms with Gasteiger partial charge >= 0.3 is 0 Å². The Morgan fingerprint density at radius 2 is 1.86 bits per heavy atom. The van der Waals surface area contributed by atoms with E-state index in [1.54, 1.807) is 12.1 Å². The van der Waals surface area contributed by atoms with Gasteiger partial charge in [0.05, 0.1) is 10.2 Å². The number of carbonyl (C=O) groups is 1. The van der Waals surface area contributed by atoms with Crippen molar-refractivity contribution in [2.75, 3.05) is 10.6 Å². The van der Waals surface area contributed by atoms with E-state index in [1.807, 2.05) is 12.1 Å². The van der Waals surface area contributed by atoms with Crippen LogP contribution in [0.3, 0.4) is 0 Å². The Morgan fingerprint density at radius 3 is 2.57 bits per heavy atom. The Kier molecular flexibility index (Phi) is 4.90. The molecule has 6 heteroatoms. The first-order chi connectivity index (χ1) is 9.97. The highest BCUT2D eigenvalue weighted by molar-refractivity contribution is 9.10. The van der Waals surface area contributed by atoms with Crippen LogP contribution in [0.5, 0.6) is 0 Å². The third kappa shape index (κ3) is 4.01. The van der Waals surface area contributed by atoms with Crippen molar-refractivity contribution in [3.05, 3.63) is 58.1 Å². The SMILES string of the molecule is CC(=O)Nc1ccccc1CNc1cc(Br)c(F)cc1F. The quantitative estimate of drug-likeness (QED) is 0.803. The number of para-hydroxylation sites is 1. The van der Waals surface area contributed by atoms with Crippen LogP contribution >= 0.6 is 15.9 Å². The molecule has 0 radical (unpaired) electrons. The highest BCUT2D eigenvalue weighted by atomic mass is 79.9. The average molecular weight is 355 g/mol. The van der Waals surface area contributed by atoms with Gasteiger partial charge in [0.1, 0.15) is 11.6 Å². The van der Waals surface area contributed by atoms with Crippen LogP contribution in [0.15, 0.2) is 40.9 Å². The van der Waals surface area contributed by atoms with Crippen molar-refractivity contribution in [1.82, 2.24) is 0 Å². The Bertz CT molecular complexity index is 677. The van der Waals surface area contributed by atoms with Crippen LogP contribution in [0.2, 0.25) is 0 Å². The zero-order valence-electron chi connectivity index (χ0n) is 11.2. The molecular weight excluding hydrogens is 342 g/mol. The van der Waals surface area contributed by atoms with E-state index in [1.165, 1.54) is 13.0 Å². The lowest BCUT2D eigenvalue weighted by Gasteiger charge is -2.12. The lowest BCUT2D eigenvalue weighted by atomic mass is 10.1. The fourth-order valence-corrected chi connectivity index (χ4v) is 2.18. The monoisotopic (exact) mass is 354 g/mol. The standard InChI is InChI=1S/C15H13BrF2N2O/c1-9(21)20-14-5-3-2-4-10(14)8-19-15-6-11(16)12(17)7-13(15)18/h2-7,19H,8H2,1H3,(H,20,21). The molecule has 2 N–H and O–H groups in total. The maximum Gasteiger partial charge on any atom is 0.221 e. The maximum absolute atomic E-state index is 13.7. The van der Waals surface area contributed by atoms with Crippen LogP contribution in [0.1, 0.15) is 12.5 Å². The van der Waals surface area contributed by atoms with Gasteiger partial charge in [0.15, 0.2) is 0 Å². The van der Waals surface area contributed by atoms with Crippen molar-refractivity contribution in [2.45, 2.75) is 13.5 Å². The largest absolute Gasteiger partial charge is 0.378 e. The maximum atomic E-state index is 13.7. The summed E-state index contributed by atoms with van der Waals surface area (Å²) < 4.78 is 27.0. The second kappa shape index (κ2) is 6.67. The predicted octanol–water partition coefficient (Wildman–Crippen LogP) is 4.30. The van der Waals surface area contributed by atoms with Gasteiger partial charge in [0, 0.05) is 25.2 Å². The molecule has 0 aliphatic carbocycles. The molecule has 0 spiro atoms. The Labute approximate surface area is 129 Å². The van der Waals surface area contributed by atoms with Gasteiger partial charge in [-0.2, -0.15) is 0 Å². The smallest absolute Gasteiger partial charge is 0.221 e. The lowest BCUT2D eigenvalue weighted by molar-refractivity contribution is -0.114. The summed E-state index contributed by atoms with van der Waals surface area (Å²) in [6.45, 7) is 1.71. The van der Waals surface area contributed by atoms with E-state index in [2.05, 4.69) is 26.6 Å². The Hall–Kier alpha value is -1.95. The predicted molar refractivity (Wildman–Crippen MR) is 82.1 cm³/mol. The number of hydrogen-bond acceptors (Lipinski definition) is 2. The van der Waals surface area contributed by atoms with Crippen molar-refractivity contribution < 1.29 is 13.6 Å². The van der Waals surface area contributed by atoms with Crippen LogP contribution < -0.4 is 10.6 Å². The minimum absolute atomic E-state index is 0.181. The summed E-state index contributed by atoms with van der Waals surface area (Å²) in [5.41, 5.74) is 1.63. The summed E-state index contributed by atoms with van der Waals surface area (Å²) in [4.78, 5) is 11.1. The molecule has 3 nitrogen and oxygen atoms in total. The summed E-state index contributed by atoms with van der Waals surface area (Å²) in [6.07, 6.45) is 0. The summed E-state index contributed by atoms with van der Waals surface area (Å²) in [7, 11) is 0. The fraction of sp³-hybridized carbons (Fsp3) is 0.133. The number of hydrogen-bond donors (Lipinski definition) is 2. The molecule has 21 heavy (non-hydrogen) atoms. The first-order valence-electron chi connectivity index (χ1n) is 6.21. The van der Waals surface area contributed by atoms with Crippen molar-refractivity contribution in [1.29, 1.82) is 0 Å². The summed E-state index contributed by atoms with van der Waals surface area (Å²) in [5.74, 6) is -1.51. The number of anilines is 2. The number of nitrogens with one attached hydrogen (secondary N) is 2. The molecule has 0 heterocycles. The minimum atomic E-state index is -0.673. The first kappa shape index (κ1) is 15.4. The Balaban J connectivity index is 2.17. The molecule has 0 unspecified atom stereocenters. The number of halogens is 3. The normalized spacial score (nSPS) is 10.3. The summed E-state index contributed by atoms with van der Waals surface area (Å²) in [5, 5.41) is 5.59. The third-order valence-corrected chi connectivity index (χ3v) is 3.42. The number of carbonyl (C=O) groups excluding carboxylic acids is 1. The third-order valence-electron chi connectivity index (χ3n) is 2.81. The molecule has 1 amide bonds. The molecule has 0 aliphatic heterocycles. The van der Waals surface area contributed by atoms with E-state index in [0.29, 0.717) is 12.2 Å². The van der Waals surface area contributed by atoms with Crippen molar-refractivity contribution in [3.8, 4) is 0 Å². The van der Waals surface area contributed by atoms with Crippen LogP contribution in [0.25, 0.3) is 0 Å². The highest BCUT2D eigenvalue weighted by Crippen LogP contribution is 2.25. The second-order valence-corrected chi connectivity index (χ2v) is 5.29. The molecular formula is C15H13BrF2N2O. The Morgan fingerprint density at radius 1 is 1.14 bits per heavy atom. The molecule has 2 rings (SSSR count). The number of benzene rings is 2. The topological polar surface area (TPSA) is 41.1 Å². The van der Waals surface area contributed by atoms with Gasteiger partial charge in [-0.05, 0) is 33.6 Å². The highest BCUT2D eigenvalue weighted by Gasteiger charge is 2.09. The van der Waals surface area contributed by atoms with Crippen LogP contribution in [-0.2, 0) is 11.3 Å². The van der Waals surface area contributed by atoms with E-state index in [0.717, 1.165) is 11.6 Å². The molecule has 0 saturated heterocycles. The minimum Gasteiger partial charge on any atom is -0.378 e. The van der Waals surface area contributed by atoms with Crippen LogP contribution in [-0.4, -0.2) is 5.91 Å². The molecule has 110 valence electrons. The molecule has 0 fully saturated rings. The molecule has 2 aromatic rings. The first-order valence-corrected chi connectivity index (χ1v) is 7.00. The van der Waals surface area contributed by atoms with E-state index in [-0.39, 0.29) is 16.1 Å². The molecule has 0 bridgehead atoms. The van der Waals surface area contributed by atoms with Gasteiger partial charge < -0.3 is 10.6 Å². The van der Waals surface area contributed by atoms with Gasteiger partial charge in [-0.3, -0.25) is 4.79 Å². The van der Waals surface area contributed by atoms with Crippen LogP contribution in [0.4, 0.5) is 20.2 Å². The van der Waals surface area contributed by atoms with Crippen molar-refractivity contribution in [3.63, 3.8) is 0 Å². The molecule has 0 atom stereocenters. The van der Waals surface area contributed by atoms with E-state index < -0.39 is 11.6 Å². The summed E-state index contributed by atoms with van der Waals surface area (Å²) in [6, 6.07) is 9.34.